The van der Waals surface area contributed by atoms with Crippen LogP contribution in [0.5, 0.6) is 0 Å². The minimum atomic E-state index is -0.204. The third-order valence-corrected chi connectivity index (χ3v) is 5.59. The summed E-state index contributed by atoms with van der Waals surface area (Å²) >= 11 is 0. The normalized spacial score (nSPS) is 15.3. The fourth-order valence-electron chi connectivity index (χ4n) is 4.02. The molecule has 0 amide bonds. The number of hydrogen-bond donors (Lipinski definition) is 1. The average molecular weight is 361 g/mol. The van der Waals surface area contributed by atoms with Gasteiger partial charge in [-0.1, -0.05) is 52.4 Å². The number of aromatic amines is 1. The SMILES string of the molecule is CCCCCn1c(=O)c2[nH]c(C3CCCC3)nc2n(CCCCC)c1=O. The molecule has 2 heterocycles. The zero-order valence-corrected chi connectivity index (χ0v) is 16.2. The van der Waals surface area contributed by atoms with Gasteiger partial charge in [-0.25, -0.2) is 9.78 Å². The molecule has 144 valence electrons. The van der Waals surface area contributed by atoms with E-state index in [1.165, 1.54) is 17.4 Å². The fourth-order valence-corrected chi connectivity index (χ4v) is 4.02. The van der Waals surface area contributed by atoms with Gasteiger partial charge in [-0.3, -0.25) is 13.9 Å². The summed E-state index contributed by atoms with van der Waals surface area (Å²) in [6.45, 7) is 5.40. The van der Waals surface area contributed by atoms with E-state index in [-0.39, 0.29) is 11.2 Å². The van der Waals surface area contributed by atoms with Crippen LogP contribution in [0, 0.1) is 0 Å². The van der Waals surface area contributed by atoms with Gasteiger partial charge in [0.15, 0.2) is 5.65 Å². The summed E-state index contributed by atoms with van der Waals surface area (Å²) in [4.78, 5) is 33.9. The van der Waals surface area contributed by atoms with Crippen LogP contribution < -0.4 is 11.2 Å². The van der Waals surface area contributed by atoms with Crippen LogP contribution in [0.3, 0.4) is 0 Å². The van der Waals surface area contributed by atoms with Crippen molar-refractivity contribution in [3.63, 3.8) is 0 Å². The molecule has 2 aromatic heterocycles. The zero-order valence-electron chi connectivity index (χ0n) is 16.2. The Balaban J connectivity index is 2.06. The van der Waals surface area contributed by atoms with Crippen LogP contribution in [0.15, 0.2) is 9.59 Å². The maximum atomic E-state index is 13.0. The first kappa shape index (κ1) is 18.9. The van der Waals surface area contributed by atoms with E-state index in [0.29, 0.717) is 30.2 Å². The van der Waals surface area contributed by atoms with Crippen LogP contribution >= 0.6 is 0 Å². The van der Waals surface area contributed by atoms with Crippen molar-refractivity contribution in [1.29, 1.82) is 0 Å². The zero-order chi connectivity index (χ0) is 18.5. The Kier molecular flexibility index (Phi) is 6.33. The number of aryl methyl sites for hydroxylation is 1. The molecule has 6 nitrogen and oxygen atoms in total. The Hall–Kier alpha value is -1.85. The summed E-state index contributed by atoms with van der Waals surface area (Å²) in [6.07, 6.45) is 10.7. The highest BCUT2D eigenvalue weighted by atomic mass is 16.2. The monoisotopic (exact) mass is 360 g/mol. The smallest absolute Gasteiger partial charge is 0.332 e. The molecule has 1 aliphatic carbocycles. The molecule has 1 saturated carbocycles. The van der Waals surface area contributed by atoms with Crippen LogP contribution in [0.1, 0.15) is 89.8 Å². The number of fused-ring (bicyclic) bond motifs is 1. The molecule has 6 heteroatoms. The van der Waals surface area contributed by atoms with E-state index in [0.717, 1.165) is 57.2 Å². The fraction of sp³-hybridized carbons (Fsp3) is 0.750. The van der Waals surface area contributed by atoms with Crippen LogP contribution in [0.2, 0.25) is 0 Å². The van der Waals surface area contributed by atoms with Gasteiger partial charge < -0.3 is 4.98 Å². The summed E-state index contributed by atoms with van der Waals surface area (Å²) in [5, 5.41) is 0. The highest BCUT2D eigenvalue weighted by molar-refractivity contribution is 5.70. The summed E-state index contributed by atoms with van der Waals surface area (Å²) in [7, 11) is 0. The lowest BCUT2D eigenvalue weighted by Crippen LogP contribution is -2.40. The van der Waals surface area contributed by atoms with Crippen molar-refractivity contribution in [2.45, 2.75) is 97.1 Å². The Morgan fingerprint density at radius 2 is 1.58 bits per heavy atom. The number of H-pyrrole nitrogens is 1. The Morgan fingerprint density at radius 3 is 2.19 bits per heavy atom. The van der Waals surface area contributed by atoms with Crippen molar-refractivity contribution in [3.05, 3.63) is 26.7 Å². The first-order valence-corrected chi connectivity index (χ1v) is 10.4. The Labute approximate surface area is 154 Å². The van der Waals surface area contributed by atoms with Crippen LogP contribution in [0.25, 0.3) is 11.2 Å². The number of hydrogen-bond acceptors (Lipinski definition) is 3. The van der Waals surface area contributed by atoms with Gasteiger partial charge in [0.25, 0.3) is 5.56 Å². The number of nitrogens with zero attached hydrogens (tertiary/aromatic N) is 3. The van der Waals surface area contributed by atoms with Gasteiger partial charge >= 0.3 is 5.69 Å². The molecule has 0 bridgehead atoms. The molecule has 0 atom stereocenters. The standard InChI is InChI=1S/C20H32N4O2/c1-3-5-9-13-23-18-16(21-17(22-18)15-11-7-8-12-15)19(25)24(20(23)26)14-10-6-4-2/h15H,3-14H2,1-2H3,(H,21,22). The molecule has 1 N–H and O–H groups in total. The maximum absolute atomic E-state index is 13.0. The van der Waals surface area contributed by atoms with Crippen molar-refractivity contribution in [2.75, 3.05) is 0 Å². The molecule has 1 fully saturated rings. The number of nitrogens with one attached hydrogen (secondary N) is 1. The Morgan fingerprint density at radius 1 is 0.962 bits per heavy atom. The van der Waals surface area contributed by atoms with E-state index in [1.54, 1.807) is 4.57 Å². The largest absolute Gasteiger partial charge is 0.336 e. The third kappa shape index (κ3) is 3.79. The van der Waals surface area contributed by atoms with E-state index in [2.05, 4.69) is 18.8 Å². The minimum absolute atomic E-state index is 0.195. The lowest BCUT2D eigenvalue weighted by atomic mass is 10.1. The van der Waals surface area contributed by atoms with Crippen molar-refractivity contribution < 1.29 is 0 Å². The van der Waals surface area contributed by atoms with Gasteiger partial charge in [-0.05, 0) is 25.7 Å². The van der Waals surface area contributed by atoms with Crippen molar-refractivity contribution in [2.24, 2.45) is 0 Å². The van der Waals surface area contributed by atoms with E-state index in [1.807, 2.05) is 0 Å². The molecule has 2 aromatic rings. The van der Waals surface area contributed by atoms with Gasteiger partial charge in [-0.2, -0.15) is 0 Å². The van der Waals surface area contributed by atoms with Gasteiger partial charge in [-0.15, -0.1) is 0 Å². The molecule has 0 radical (unpaired) electrons. The number of imidazole rings is 1. The first-order chi connectivity index (χ1) is 12.7. The number of unbranched alkanes of at least 4 members (excludes halogenated alkanes) is 4. The van der Waals surface area contributed by atoms with Crippen molar-refractivity contribution >= 4 is 11.2 Å². The van der Waals surface area contributed by atoms with Gasteiger partial charge in [0.2, 0.25) is 0 Å². The summed E-state index contributed by atoms with van der Waals surface area (Å²) in [5.41, 5.74) is 0.674. The van der Waals surface area contributed by atoms with Crippen molar-refractivity contribution in [3.8, 4) is 0 Å². The second kappa shape index (κ2) is 8.69. The molecule has 3 rings (SSSR count). The third-order valence-electron chi connectivity index (χ3n) is 5.59. The van der Waals surface area contributed by atoms with Crippen molar-refractivity contribution in [1.82, 2.24) is 19.1 Å². The number of rotatable bonds is 9. The minimum Gasteiger partial charge on any atom is -0.336 e. The van der Waals surface area contributed by atoms with Gasteiger partial charge in [0.1, 0.15) is 11.3 Å². The average Bonchev–Trinajstić information content (AvgIpc) is 3.30. The van der Waals surface area contributed by atoms with E-state index >= 15 is 0 Å². The Bertz CT molecular complexity index is 840. The highest BCUT2D eigenvalue weighted by Crippen LogP contribution is 2.32. The molecular weight excluding hydrogens is 328 g/mol. The molecular formula is C20H32N4O2. The molecule has 0 unspecified atom stereocenters. The predicted octanol–water partition coefficient (Wildman–Crippen LogP) is 3.92. The van der Waals surface area contributed by atoms with Gasteiger partial charge in [0.05, 0.1) is 0 Å². The van der Waals surface area contributed by atoms with Gasteiger partial charge in [0, 0.05) is 19.0 Å². The topological polar surface area (TPSA) is 72.7 Å². The summed E-state index contributed by atoms with van der Waals surface area (Å²) in [6, 6.07) is 0. The lowest BCUT2D eigenvalue weighted by molar-refractivity contribution is 0.516. The van der Waals surface area contributed by atoms with Crippen LogP contribution in [0.4, 0.5) is 0 Å². The summed E-state index contributed by atoms with van der Waals surface area (Å²) < 4.78 is 3.15. The maximum Gasteiger partial charge on any atom is 0.332 e. The second-order valence-electron chi connectivity index (χ2n) is 7.61. The quantitative estimate of drug-likeness (QED) is 0.689. The molecule has 0 aromatic carbocycles. The molecule has 1 aliphatic rings. The van der Waals surface area contributed by atoms with E-state index < -0.39 is 0 Å². The molecule has 0 saturated heterocycles. The second-order valence-corrected chi connectivity index (χ2v) is 7.61. The molecule has 26 heavy (non-hydrogen) atoms. The van der Waals surface area contributed by atoms with Crippen LogP contribution in [-0.4, -0.2) is 19.1 Å². The molecule has 0 aliphatic heterocycles. The predicted molar refractivity (Wildman–Crippen MR) is 105 cm³/mol. The van der Waals surface area contributed by atoms with Crippen LogP contribution in [-0.2, 0) is 13.1 Å². The van der Waals surface area contributed by atoms with E-state index in [4.69, 9.17) is 4.98 Å². The summed E-state index contributed by atoms with van der Waals surface area (Å²) in [5.74, 6) is 1.29. The lowest BCUT2D eigenvalue weighted by Gasteiger charge is -2.11. The molecule has 0 spiro atoms. The highest BCUT2D eigenvalue weighted by Gasteiger charge is 2.23. The first-order valence-electron chi connectivity index (χ1n) is 10.4. The van der Waals surface area contributed by atoms with E-state index in [9.17, 15) is 9.59 Å². The number of aromatic nitrogens is 4.